The number of carbonyl (C=O) groups is 1. The topological polar surface area (TPSA) is 78.8 Å². The Balaban J connectivity index is 1.88. The van der Waals surface area contributed by atoms with Crippen molar-refractivity contribution in [2.24, 2.45) is 0 Å². The number of hydrogen-bond acceptors (Lipinski definition) is 4. The summed E-state index contributed by atoms with van der Waals surface area (Å²) in [5.41, 5.74) is 0.766. The van der Waals surface area contributed by atoms with Crippen LogP contribution in [0.15, 0.2) is 24.3 Å². The molecule has 1 saturated heterocycles. The minimum absolute atomic E-state index is 0.204. The third kappa shape index (κ3) is 2.84. The molecular formula is C12H14FNO4. The van der Waals surface area contributed by atoms with Crippen molar-refractivity contribution in [3.63, 3.8) is 0 Å². The normalized spacial score (nSPS) is 27.3. The molecule has 1 heterocycles. The van der Waals surface area contributed by atoms with Crippen LogP contribution in [0.3, 0.4) is 0 Å². The molecule has 98 valence electrons. The highest BCUT2D eigenvalue weighted by Crippen LogP contribution is 2.14. The van der Waals surface area contributed by atoms with Crippen molar-refractivity contribution in [1.82, 2.24) is 5.32 Å². The van der Waals surface area contributed by atoms with Crippen molar-refractivity contribution in [2.45, 2.75) is 24.9 Å². The number of aliphatic carboxylic acids is 1. The van der Waals surface area contributed by atoms with Gasteiger partial charge in [0, 0.05) is 6.54 Å². The summed E-state index contributed by atoms with van der Waals surface area (Å²) in [6, 6.07) is 4.81. The summed E-state index contributed by atoms with van der Waals surface area (Å²) in [5, 5.41) is 21.2. The minimum atomic E-state index is -1.10. The van der Waals surface area contributed by atoms with Gasteiger partial charge in [-0.25, -0.2) is 4.39 Å². The quantitative estimate of drug-likeness (QED) is 0.712. The second kappa shape index (κ2) is 5.43. The summed E-state index contributed by atoms with van der Waals surface area (Å²) in [7, 11) is 0. The van der Waals surface area contributed by atoms with E-state index in [-0.39, 0.29) is 19.0 Å². The molecule has 1 aliphatic heterocycles. The zero-order chi connectivity index (χ0) is 13.1. The Morgan fingerprint density at radius 3 is 2.67 bits per heavy atom. The number of carboxylic acid groups (broad SMARTS) is 1. The molecule has 0 spiro atoms. The maximum absolute atomic E-state index is 12.7. The van der Waals surface area contributed by atoms with E-state index in [1.165, 1.54) is 12.1 Å². The molecule has 6 heteroatoms. The van der Waals surface area contributed by atoms with Crippen LogP contribution in [0.25, 0.3) is 0 Å². The molecule has 2 unspecified atom stereocenters. The highest BCUT2D eigenvalue weighted by atomic mass is 19.1. The Hall–Kier alpha value is -1.50. The molecule has 1 aromatic rings. The average Bonchev–Trinajstić information content (AvgIpc) is 2.70. The van der Waals surface area contributed by atoms with E-state index in [0.717, 1.165) is 5.56 Å². The Labute approximate surface area is 103 Å². The van der Waals surface area contributed by atoms with E-state index in [4.69, 9.17) is 9.84 Å². The van der Waals surface area contributed by atoms with Crippen LogP contribution in [0.1, 0.15) is 5.56 Å². The number of rotatable bonds is 4. The van der Waals surface area contributed by atoms with E-state index >= 15 is 0 Å². The van der Waals surface area contributed by atoms with Gasteiger partial charge in [0.05, 0.1) is 12.7 Å². The van der Waals surface area contributed by atoms with Gasteiger partial charge in [0.1, 0.15) is 18.0 Å². The first-order chi connectivity index (χ1) is 8.58. The largest absolute Gasteiger partial charge is 0.480 e. The average molecular weight is 255 g/mol. The van der Waals surface area contributed by atoms with Crippen LogP contribution in [0.5, 0.6) is 0 Å². The fourth-order valence-corrected chi connectivity index (χ4v) is 1.87. The number of aliphatic hydroxyl groups is 1. The van der Waals surface area contributed by atoms with E-state index in [0.29, 0.717) is 0 Å². The molecule has 0 aliphatic carbocycles. The predicted octanol–water partition coefficient (Wildman–Crippen LogP) is 0.128. The zero-order valence-corrected chi connectivity index (χ0v) is 9.54. The molecule has 3 N–H and O–H groups in total. The van der Waals surface area contributed by atoms with E-state index in [2.05, 4.69) is 5.32 Å². The molecule has 0 saturated carbocycles. The SMILES string of the molecule is O=C(O)[C@H]1NCC(OCc2ccc(F)cc2)C1O. The van der Waals surface area contributed by atoms with Gasteiger partial charge in [-0.3, -0.25) is 10.1 Å². The van der Waals surface area contributed by atoms with Crippen LogP contribution in [0.2, 0.25) is 0 Å². The summed E-state index contributed by atoms with van der Waals surface area (Å²) < 4.78 is 18.1. The maximum atomic E-state index is 12.7. The van der Waals surface area contributed by atoms with E-state index in [1.54, 1.807) is 12.1 Å². The van der Waals surface area contributed by atoms with Crippen LogP contribution in [0.4, 0.5) is 4.39 Å². The van der Waals surface area contributed by atoms with Crippen molar-refractivity contribution in [2.75, 3.05) is 6.54 Å². The lowest BCUT2D eigenvalue weighted by Gasteiger charge is -2.16. The number of nitrogens with one attached hydrogen (secondary N) is 1. The van der Waals surface area contributed by atoms with E-state index in [1.807, 2.05) is 0 Å². The van der Waals surface area contributed by atoms with E-state index < -0.39 is 24.2 Å². The molecule has 0 bridgehead atoms. The second-order valence-electron chi connectivity index (χ2n) is 4.19. The number of ether oxygens (including phenoxy) is 1. The summed E-state index contributed by atoms with van der Waals surface area (Å²) in [6.45, 7) is 0.482. The van der Waals surface area contributed by atoms with Gasteiger partial charge < -0.3 is 14.9 Å². The Kier molecular flexibility index (Phi) is 3.90. The van der Waals surface area contributed by atoms with Crippen molar-refractivity contribution in [1.29, 1.82) is 0 Å². The molecule has 0 aromatic heterocycles. The lowest BCUT2D eigenvalue weighted by molar-refractivity contribution is -0.142. The first-order valence-corrected chi connectivity index (χ1v) is 5.58. The summed E-state index contributed by atoms with van der Waals surface area (Å²) in [5.74, 6) is -1.43. The zero-order valence-electron chi connectivity index (χ0n) is 9.54. The Morgan fingerprint density at radius 2 is 2.11 bits per heavy atom. The molecule has 0 radical (unpaired) electrons. The van der Waals surface area contributed by atoms with Crippen molar-refractivity contribution < 1.29 is 24.1 Å². The molecule has 1 fully saturated rings. The smallest absolute Gasteiger partial charge is 0.323 e. The van der Waals surface area contributed by atoms with Gasteiger partial charge in [-0.05, 0) is 17.7 Å². The Morgan fingerprint density at radius 1 is 1.44 bits per heavy atom. The number of aliphatic hydroxyl groups excluding tert-OH is 1. The number of hydrogen-bond donors (Lipinski definition) is 3. The number of carboxylic acids is 1. The highest BCUT2D eigenvalue weighted by molar-refractivity contribution is 5.74. The van der Waals surface area contributed by atoms with Gasteiger partial charge in [-0.2, -0.15) is 0 Å². The second-order valence-corrected chi connectivity index (χ2v) is 4.19. The number of benzene rings is 1. The fraction of sp³-hybridized carbons (Fsp3) is 0.417. The predicted molar refractivity (Wildman–Crippen MR) is 60.4 cm³/mol. The van der Waals surface area contributed by atoms with Crippen LogP contribution in [0, 0.1) is 5.82 Å². The van der Waals surface area contributed by atoms with Crippen molar-refractivity contribution >= 4 is 5.97 Å². The first-order valence-electron chi connectivity index (χ1n) is 5.58. The molecular weight excluding hydrogens is 241 g/mol. The van der Waals surface area contributed by atoms with Gasteiger partial charge in [-0.1, -0.05) is 12.1 Å². The van der Waals surface area contributed by atoms with Crippen molar-refractivity contribution in [3.8, 4) is 0 Å². The van der Waals surface area contributed by atoms with Crippen LogP contribution in [-0.2, 0) is 16.1 Å². The molecule has 0 amide bonds. The lowest BCUT2D eigenvalue weighted by Crippen LogP contribution is -2.40. The van der Waals surface area contributed by atoms with Crippen LogP contribution in [-0.4, -0.2) is 41.0 Å². The van der Waals surface area contributed by atoms with Crippen LogP contribution >= 0.6 is 0 Å². The van der Waals surface area contributed by atoms with Crippen molar-refractivity contribution in [3.05, 3.63) is 35.6 Å². The molecule has 1 aromatic carbocycles. The third-order valence-electron chi connectivity index (χ3n) is 2.90. The highest BCUT2D eigenvalue weighted by Gasteiger charge is 2.39. The maximum Gasteiger partial charge on any atom is 0.323 e. The molecule has 2 rings (SSSR count). The summed E-state index contributed by atoms with van der Waals surface area (Å²) >= 11 is 0. The Bertz CT molecular complexity index is 423. The van der Waals surface area contributed by atoms with E-state index in [9.17, 15) is 14.3 Å². The number of halogens is 1. The fourth-order valence-electron chi connectivity index (χ4n) is 1.87. The minimum Gasteiger partial charge on any atom is -0.480 e. The standard InChI is InChI=1S/C12H14FNO4/c13-8-3-1-7(2-4-8)6-18-9-5-14-10(11(9)15)12(16)17/h1-4,9-11,14-15H,5-6H2,(H,16,17)/t9?,10-,11?/m0/s1. The van der Waals surface area contributed by atoms with Gasteiger partial charge in [-0.15, -0.1) is 0 Å². The monoisotopic (exact) mass is 255 g/mol. The van der Waals surface area contributed by atoms with Gasteiger partial charge >= 0.3 is 5.97 Å². The van der Waals surface area contributed by atoms with Gasteiger partial charge in [0.2, 0.25) is 0 Å². The molecule has 5 nitrogen and oxygen atoms in total. The van der Waals surface area contributed by atoms with Crippen LogP contribution < -0.4 is 5.32 Å². The third-order valence-corrected chi connectivity index (χ3v) is 2.90. The first kappa shape index (κ1) is 12.9. The summed E-state index contributed by atoms with van der Waals surface area (Å²) in [4.78, 5) is 10.7. The molecule has 18 heavy (non-hydrogen) atoms. The van der Waals surface area contributed by atoms with Gasteiger partial charge in [0.25, 0.3) is 0 Å². The molecule has 1 aliphatic rings. The molecule has 3 atom stereocenters. The van der Waals surface area contributed by atoms with Gasteiger partial charge in [0.15, 0.2) is 0 Å². The summed E-state index contributed by atoms with van der Waals surface area (Å²) in [6.07, 6.45) is -1.65. The lowest BCUT2D eigenvalue weighted by atomic mass is 10.1.